The van der Waals surface area contributed by atoms with Gasteiger partial charge < -0.3 is 15.0 Å². The summed E-state index contributed by atoms with van der Waals surface area (Å²) in [7, 11) is 0. The third kappa shape index (κ3) is 2.24. The van der Waals surface area contributed by atoms with Gasteiger partial charge in [-0.3, -0.25) is 4.90 Å². The molecule has 2 aromatic rings. The van der Waals surface area contributed by atoms with E-state index in [-0.39, 0.29) is 0 Å². The minimum atomic E-state index is 0.756. The van der Waals surface area contributed by atoms with Crippen LogP contribution in [0.2, 0.25) is 0 Å². The predicted molar refractivity (Wildman–Crippen MR) is 79.8 cm³/mol. The van der Waals surface area contributed by atoms with Crippen molar-refractivity contribution in [3.8, 4) is 0 Å². The molecule has 0 atom stereocenters. The number of aromatic nitrogens is 1. The summed E-state index contributed by atoms with van der Waals surface area (Å²) in [6.45, 7) is 7.16. The van der Waals surface area contributed by atoms with Crippen molar-refractivity contribution < 1.29 is 4.74 Å². The Labute approximate surface area is 119 Å². The lowest BCUT2D eigenvalue weighted by atomic mass is 10.1. The summed E-state index contributed by atoms with van der Waals surface area (Å²) in [6, 6.07) is 6.83. The molecule has 0 aliphatic carbocycles. The normalized spacial score (nSPS) is 20.2. The quantitative estimate of drug-likeness (QED) is 0.872. The van der Waals surface area contributed by atoms with E-state index in [1.165, 1.54) is 27.7 Å². The van der Waals surface area contributed by atoms with Crippen LogP contribution in [0.4, 0.5) is 0 Å². The van der Waals surface area contributed by atoms with Gasteiger partial charge in [0.15, 0.2) is 0 Å². The van der Waals surface area contributed by atoms with Crippen molar-refractivity contribution in [2.24, 2.45) is 0 Å². The van der Waals surface area contributed by atoms with Crippen LogP contribution in [0.3, 0.4) is 0 Å². The molecule has 4 heteroatoms. The predicted octanol–water partition coefficient (Wildman–Crippen LogP) is 1.65. The van der Waals surface area contributed by atoms with Gasteiger partial charge in [-0.15, -0.1) is 0 Å². The number of hydrogen-bond acceptors (Lipinski definition) is 3. The van der Waals surface area contributed by atoms with Crippen molar-refractivity contribution >= 4 is 10.9 Å². The molecule has 0 unspecified atom stereocenters. The van der Waals surface area contributed by atoms with E-state index in [1.807, 2.05) is 0 Å². The minimum absolute atomic E-state index is 0.756. The summed E-state index contributed by atoms with van der Waals surface area (Å²) in [6.07, 6.45) is 1.01. The zero-order chi connectivity index (χ0) is 13.4. The molecule has 106 valence electrons. The molecule has 2 aliphatic heterocycles. The Morgan fingerprint density at radius 2 is 2.10 bits per heavy atom. The summed E-state index contributed by atoms with van der Waals surface area (Å²) >= 11 is 0. The Kier molecular flexibility index (Phi) is 3.22. The highest BCUT2D eigenvalue weighted by molar-refractivity contribution is 5.85. The second-order valence-corrected chi connectivity index (χ2v) is 5.79. The van der Waals surface area contributed by atoms with Crippen molar-refractivity contribution in [3.63, 3.8) is 0 Å². The average Bonchev–Trinajstić information content (AvgIpc) is 2.86. The van der Waals surface area contributed by atoms with Gasteiger partial charge in [0.25, 0.3) is 0 Å². The highest BCUT2D eigenvalue weighted by Crippen LogP contribution is 2.27. The van der Waals surface area contributed by atoms with E-state index in [4.69, 9.17) is 4.74 Å². The summed E-state index contributed by atoms with van der Waals surface area (Å²) in [5, 5.41) is 4.76. The molecule has 2 aliphatic rings. The zero-order valence-corrected chi connectivity index (χ0v) is 11.7. The molecule has 1 fully saturated rings. The van der Waals surface area contributed by atoms with Gasteiger partial charge in [0.2, 0.25) is 0 Å². The average molecular weight is 271 g/mol. The number of nitrogens with zero attached hydrogens (tertiary/aromatic N) is 1. The van der Waals surface area contributed by atoms with Crippen molar-refractivity contribution in [2.45, 2.75) is 19.6 Å². The summed E-state index contributed by atoms with van der Waals surface area (Å²) in [5.41, 5.74) is 5.40. The van der Waals surface area contributed by atoms with Gasteiger partial charge in [-0.05, 0) is 17.7 Å². The second kappa shape index (κ2) is 5.20. The number of nitrogens with one attached hydrogen (secondary N) is 2. The first-order valence-corrected chi connectivity index (χ1v) is 7.53. The largest absolute Gasteiger partial charge is 0.376 e. The standard InChI is InChI=1S/C16H21N3O/c1-2-15-13(14-11-20-8-3-16(14)18-15)9-12(1)10-19-6-4-17-5-7-19/h1-2,9,17-18H,3-8,10-11H2. The monoisotopic (exact) mass is 271 g/mol. The Bertz CT molecular complexity index is 613. The van der Waals surface area contributed by atoms with Crippen LogP contribution in [0, 0.1) is 0 Å². The molecule has 0 radical (unpaired) electrons. The number of benzene rings is 1. The van der Waals surface area contributed by atoms with Gasteiger partial charge >= 0.3 is 0 Å². The molecule has 4 rings (SSSR count). The molecule has 0 saturated carbocycles. The Balaban J connectivity index is 1.63. The zero-order valence-electron chi connectivity index (χ0n) is 11.7. The summed E-state index contributed by atoms with van der Waals surface area (Å²) in [5.74, 6) is 0. The van der Waals surface area contributed by atoms with E-state index in [0.717, 1.165) is 52.4 Å². The van der Waals surface area contributed by atoms with Crippen molar-refractivity contribution in [1.82, 2.24) is 15.2 Å². The van der Waals surface area contributed by atoms with E-state index < -0.39 is 0 Å². The molecule has 0 spiro atoms. The van der Waals surface area contributed by atoms with E-state index >= 15 is 0 Å². The molecule has 0 bridgehead atoms. The molecule has 2 N–H and O–H groups in total. The molecule has 1 aromatic carbocycles. The molecule has 1 saturated heterocycles. The number of piperazine rings is 1. The van der Waals surface area contributed by atoms with Gasteiger partial charge in [0.05, 0.1) is 13.2 Å². The van der Waals surface area contributed by atoms with Gasteiger partial charge in [-0.25, -0.2) is 0 Å². The number of ether oxygens (including phenoxy) is 1. The third-order valence-corrected chi connectivity index (χ3v) is 4.42. The maximum absolute atomic E-state index is 5.61. The molecule has 1 aromatic heterocycles. The van der Waals surface area contributed by atoms with Crippen LogP contribution in [0.1, 0.15) is 16.8 Å². The van der Waals surface area contributed by atoms with Crippen molar-refractivity contribution in [3.05, 3.63) is 35.0 Å². The fourth-order valence-electron chi connectivity index (χ4n) is 3.30. The fourth-order valence-corrected chi connectivity index (χ4v) is 3.30. The molecular weight excluding hydrogens is 250 g/mol. The smallest absolute Gasteiger partial charge is 0.0740 e. The maximum Gasteiger partial charge on any atom is 0.0740 e. The first kappa shape index (κ1) is 12.4. The third-order valence-electron chi connectivity index (χ3n) is 4.42. The minimum Gasteiger partial charge on any atom is -0.376 e. The van der Waals surface area contributed by atoms with Crippen LogP contribution < -0.4 is 5.32 Å². The lowest BCUT2D eigenvalue weighted by molar-refractivity contribution is 0.111. The van der Waals surface area contributed by atoms with Crippen molar-refractivity contribution in [2.75, 3.05) is 32.8 Å². The first-order chi connectivity index (χ1) is 9.90. The van der Waals surface area contributed by atoms with E-state index in [0.29, 0.717) is 0 Å². The van der Waals surface area contributed by atoms with Crippen LogP contribution in [-0.4, -0.2) is 42.7 Å². The lowest BCUT2D eigenvalue weighted by Crippen LogP contribution is -2.42. The first-order valence-electron chi connectivity index (χ1n) is 7.53. The highest BCUT2D eigenvalue weighted by atomic mass is 16.5. The molecule has 20 heavy (non-hydrogen) atoms. The highest BCUT2D eigenvalue weighted by Gasteiger charge is 2.16. The Morgan fingerprint density at radius 1 is 1.20 bits per heavy atom. The second-order valence-electron chi connectivity index (χ2n) is 5.79. The van der Waals surface area contributed by atoms with Crippen LogP contribution in [0.25, 0.3) is 10.9 Å². The van der Waals surface area contributed by atoms with Gasteiger partial charge in [-0.2, -0.15) is 0 Å². The van der Waals surface area contributed by atoms with Gasteiger partial charge in [0, 0.05) is 61.3 Å². The Morgan fingerprint density at radius 3 is 3.00 bits per heavy atom. The van der Waals surface area contributed by atoms with Gasteiger partial charge in [0.1, 0.15) is 0 Å². The van der Waals surface area contributed by atoms with Crippen LogP contribution in [0.5, 0.6) is 0 Å². The lowest BCUT2D eigenvalue weighted by Gasteiger charge is -2.27. The molecule has 4 nitrogen and oxygen atoms in total. The van der Waals surface area contributed by atoms with Crippen LogP contribution in [-0.2, 0) is 24.3 Å². The molecule has 0 amide bonds. The number of fused-ring (bicyclic) bond motifs is 3. The topological polar surface area (TPSA) is 40.3 Å². The molecular formula is C16H21N3O. The van der Waals surface area contributed by atoms with Crippen LogP contribution in [0.15, 0.2) is 18.2 Å². The van der Waals surface area contributed by atoms with Crippen molar-refractivity contribution in [1.29, 1.82) is 0 Å². The molecule has 3 heterocycles. The van der Waals surface area contributed by atoms with E-state index in [9.17, 15) is 0 Å². The van der Waals surface area contributed by atoms with E-state index in [2.05, 4.69) is 33.4 Å². The summed E-state index contributed by atoms with van der Waals surface area (Å²) < 4.78 is 5.61. The SMILES string of the molecule is c1cc2[nH]c3c(c2cc1CN1CCNCC1)COCC3. The number of H-pyrrole nitrogens is 1. The Hall–Kier alpha value is -1.36. The van der Waals surface area contributed by atoms with E-state index in [1.54, 1.807) is 0 Å². The van der Waals surface area contributed by atoms with Crippen LogP contribution >= 0.6 is 0 Å². The summed E-state index contributed by atoms with van der Waals surface area (Å²) in [4.78, 5) is 6.06. The number of aromatic amines is 1. The fraction of sp³-hybridized carbons (Fsp3) is 0.500. The number of hydrogen-bond donors (Lipinski definition) is 2. The maximum atomic E-state index is 5.61. The van der Waals surface area contributed by atoms with Gasteiger partial charge in [-0.1, -0.05) is 6.07 Å². The number of rotatable bonds is 2.